The molecule has 0 saturated heterocycles. The highest BCUT2D eigenvalue weighted by molar-refractivity contribution is 9.10. The first-order valence-electron chi connectivity index (χ1n) is 7.07. The molecule has 1 amide bonds. The van der Waals surface area contributed by atoms with Gasteiger partial charge >= 0.3 is 0 Å². The van der Waals surface area contributed by atoms with Crippen molar-refractivity contribution in [3.63, 3.8) is 0 Å². The van der Waals surface area contributed by atoms with Gasteiger partial charge in [0.15, 0.2) is 0 Å². The molecule has 0 heterocycles. The maximum Gasteiger partial charge on any atom is 0.260 e. The molecule has 0 saturated carbocycles. The van der Waals surface area contributed by atoms with Crippen molar-refractivity contribution < 1.29 is 13.2 Å². The number of carbonyl (C=O) groups is 1. The molecule has 2 rings (SSSR count). The third-order valence-electron chi connectivity index (χ3n) is 3.08. The number of hydrogen-bond donors (Lipinski definition) is 1. The summed E-state index contributed by atoms with van der Waals surface area (Å²) in [5, 5.41) is 4.06. The van der Waals surface area contributed by atoms with Crippen molar-refractivity contribution in [1.29, 1.82) is 0 Å². The molecular weight excluding hydrogens is 430 g/mol. The minimum Gasteiger partial charge on any atom is -0.271 e. The van der Waals surface area contributed by atoms with Crippen LogP contribution in [0.15, 0.2) is 58.1 Å². The number of nitrogens with zero attached hydrogens (tertiary/aromatic N) is 2. The number of rotatable bonds is 6. The van der Waals surface area contributed by atoms with Crippen LogP contribution in [-0.2, 0) is 14.8 Å². The molecule has 0 aromatic heterocycles. The van der Waals surface area contributed by atoms with Crippen LogP contribution in [0.1, 0.15) is 5.56 Å². The highest BCUT2D eigenvalue weighted by Gasteiger charge is 2.22. The van der Waals surface area contributed by atoms with Crippen molar-refractivity contribution in [2.45, 2.75) is 0 Å². The van der Waals surface area contributed by atoms with Crippen LogP contribution in [0, 0.1) is 0 Å². The van der Waals surface area contributed by atoms with E-state index in [1.807, 2.05) is 24.3 Å². The van der Waals surface area contributed by atoms with Gasteiger partial charge in [-0.2, -0.15) is 5.10 Å². The second kappa shape index (κ2) is 8.46. The minimum atomic E-state index is -3.69. The van der Waals surface area contributed by atoms with E-state index in [9.17, 15) is 13.2 Å². The molecule has 6 nitrogen and oxygen atoms in total. The Morgan fingerprint density at radius 3 is 2.48 bits per heavy atom. The molecule has 1 N–H and O–H groups in total. The van der Waals surface area contributed by atoms with Crippen LogP contribution in [0.5, 0.6) is 0 Å². The summed E-state index contributed by atoms with van der Waals surface area (Å²) < 4.78 is 25.8. The average molecular weight is 445 g/mol. The molecule has 2 aromatic carbocycles. The average Bonchev–Trinajstić information content (AvgIpc) is 2.54. The standard InChI is InChI=1S/C16H15BrClN3O3S/c1-25(23,24)21(15-5-3-2-4-14(15)18)11-16(22)20-19-10-12-6-8-13(17)9-7-12/h2-10H,11H2,1H3,(H,20,22)/b19-10-. The molecule has 9 heteroatoms. The molecule has 0 aliphatic heterocycles. The van der Waals surface area contributed by atoms with Crippen LogP contribution in [0.25, 0.3) is 0 Å². The first-order valence-corrected chi connectivity index (χ1v) is 10.1. The van der Waals surface area contributed by atoms with Gasteiger partial charge in [-0.05, 0) is 29.8 Å². The van der Waals surface area contributed by atoms with Crippen molar-refractivity contribution >= 4 is 55.4 Å². The lowest BCUT2D eigenvalue weighted by atomic mass is 10.2. The minimum absolute atomic E-state index is 0.235. The van der Waals surface area contributed by atoms with Crippen molar-refractivity contribution in [3.05, 3.63) is 63.6 Å². The van der Waals surface area contributed by atoms with E-state index >= 15 is 0 Å². The van der Waals surface area contributed by atoms with Gasteiger partial charge in [-0.25, -0.2) is 13.8 Å². The number of anilines is 1. The van der Waals surface area contributed by atoms with Gasteiger partial charge in [0, 0.05) is 4.47 Å². The fourth-order valence-electron chi connectivity index (χ4n) is 1.93. The Hall–Kier alpha value is -1.90. The van der Waals surface area contributed by atoms with Gasteiger partial charge in [-0.3, -0.25) is 9.10 Å². The van der Waals surface area contributed by atoms with Gasteiger partial charge < -0.3 is 0 Å². The second-order valence-corrected chi connectivity index (χ2v) is 8.30. The second-order valence-electron chi connectivity index (χ2n) is 5.07. The first kappa shape index (κ1) is 19.4. The van der Waals surface area contributed by atoms with Crippen LogP contribution < -0.4 is 9.73 Å². The van der Waals surface area contributed by atoms with E-state index < -0.39 is 22.5 Å². The zero-order chi connectivity index (χ0) is 18.4. The number of amides is 1. The Labute approximate surface area is 159 Å². The summed E-state index contributed by atoms with van der Waals surface area (Å²) in [6, 6.07) is 13.7. The van der Waals surface area contributed by atoms with Crippen molar-refractivity contribution in [2.75, 3.05) is 17.1 Å². The topological polar surface area (TPSA) is 78.8 Å². The maximum atomic E-state index is 12.0. The van der Waals surface area contributed by atoms with Gasteiger partial charge in [0.2, 0.25) is 10.0 Å². The fraction of sp³-hybridized carbons (Fsp3) is 0.125. The molecule has 0 atom stereocenters. The number of hydrazone groups is 1. The maximum absolute atomic E-state index is 12.0. The van der Waals surface area contributed by atoms with Crippen LogP contribution in [0.4, 0.5) is 5.69 Å². The van der Waals surface area contributed by atoms with Gasteiger partial charge in [-0.1, -0.05) is 51.8 Å². The van der Waals surface area contributed by atoms with Crippen LogP contribution in [0.2, 0.25) is 5.02 Å². The molecule has 2 aromatic rings. The predicted octanol–water partition coefficient (Wildman–Crippen LogP) is 3.02. The molecular formula is C16H15BrClN3O3S. The molecule has 0 unspecified atom stereocenters. The molecule has 132 valence electrons. The number of benzene rings is 2. The smallest absolute Gasteiger partial charge is 0.260 e. The van der Waals surface area contributed by atoms with E-state index in [0.717, 1.165) is 20.6 Å². The molecule has 0 aliphatic carbocycles. The Balaban J connectivity index is 2.08. The zero-order valence-corrected chi connectivity index (χ0v) is 16.3. The van der Waals surface area contributed by atoms with E-state index in [2.05, 4.69) is 26.5 Å². The summed E-state index contributed by atoms with van der Waals surface area (Å²) in [4.78, 5) is 12.0. The molecule has 0 bridgehead atoms. The number of halogens is 2. The van der Waals surface area contributed by atoms with Crippen molar-refractivity contribution in [3.8, 4) is 0 Å². The summed E-state index contributed by atoms with van der Waals surface area (Å²) >= 11 is 9.36. The van der Waals surface area contributed by atoms with Gasteiger partial charge in [0.05, 0.1) is 23.2 Å². The van der Waals surface area contributed by atoms with E-state index in [0.29, 0.717) is 0 Å². The number of hydrogen-bond acceptors (Lipinski definition) is 4. The normalized spacial score (nSPS) is 11.5. The zero-order valence-electron chi connectivity index (χ0n) is 13.2. The number of para-hydroxylation sites is 1. The van der Waals surface area contributed by atoms with Gasteiger partial charge in [0.1, 0.15) is 6.54 Å². The Morgan fingerprint density at radius 2 is 1.88 bits per heavy atom. The SMILES string of the molecule is CS(=O)(=O)N(CC(=O)N/N=C\c1ccc(Br)cc1)c1ccccc1Cl. The van der Waals surface area contributed by atoms with E-state index in [1.165, 1.54) is 12.3 Å². The highest BCUT2D eigenvalue weighted by Crippen LogP contribution is 2.26. The number of carbonyl (C=O) groups excluding carboxylic acids is 1. The Kier molecular flexibility index (Phi) is 6.57. The summed E-state index contributed by atoms with van der Waals surface area (Å²) in [5.74, 6) is -0.585. The van der Waals surface area contributed by atoms with E-state index in [-0.39, 0.29) is 10.7 Å². The summed E-state index contributed by atoms with van der Waals surface area (Å²) in [7, 11) is -3.69. The lowest BCUT2D eigenvalue weighted by molar-refractivity contribution is -0.119. The summed E-state index contributed by atoms with van der Waals surface area (Å²) in [5.41, 5.74) is 3.33. The third-order valence-corrected chi connectivity index (χ3v) is 5.06. The third kappa shape index (κ3) is 5.84. The lowest BCUT2D eigenvalue weighted by Gasteiger charge is -2.22. The van der Waals surface area contributed by atoms with Gasteiger partial charge in [-0.15, -0.1) is 0 Å². The number of sulfonamides is 1. The molecule has 25 heavy (non-hydrogen) atoms. The van der Waals surface area contributed by atoms with Crippen LogP contribution >= 0.6 is 27.5 Å². The predicted molar refractivity (Wildman–Crippen MR) is 104 cm³/mol. The monoisotopic (exact) mass is 443 g/mol. The Morgan fingerprint density at radius 1 is 1.24 bits per heavy atom. The molecule has 0 fully saturated rings. The highest BCUT2D eigenvalue weighted by atomic mass is 79.9. The van der Waals surface area contributed by atoms with Crippen molar-refractivity contribution in [1.82, 2.24) is 5.43 Å². The first-order chi connectivity index (χ1) is 11.8. The lowest BCUT2D eigenvalue weighted by Crippen LogP contribution is -2.39. The van der Waals surface area contributed by atoms with Crippen LogP contribution in [-0.4, -0.2) is 33.3 Å². The van der Waals surface area contributed by atoms with Crippen LogP contribution in [0.3, 0.4) is 0 Å². The number of nitrogens with one attached hydrogen (secondary N) is 1. The van der Waals surface area contributed by atoms with Crippen molar-refractivity contribution in [2.24, 2.45) is 5.10 Å². The van der Waals surface area contributed by atoms with E-state index in [1.54, 1.807) is 18.2 Å². The van der Waals surface area contributed by atoms with Gasteiger partial charge in [0.25, 0.3) is 5.91 Å². The summed E-state index contributed by atoms with van der Waals surface area (Å²) in [6.07, 6.45) is 2.47. The molecule has 0 radical (unpaired) electrons. The van der Waals surface area contributed by atoms with E-state index in [4.69, 9.17) is 11.6 Å². The fourth-order valence-corrected chi connectivity index (χ4v) is 3.35. The summed E-state index contributed by atoms with van der Waals surface area (Å²) in [6.45, 7) is -0.430. The molecule has 0 spiro atoms. The Bertz CT molecular complexity index is 886. The largest absolute Gasteiger partial charge is 0.271 e. The molecule has 0 aliphatic rings. The quantitative estimate of drug-likeness (QED) is 0.549.